The fourth-order valence-electron chi connectivity index (χ4n) is 4.18. The number of nitrogens with zero attached hydrogens (tertiary/aromatic N) is 4. The molecule has 0 unspecified atom stereocenters. The largest absolute Gasteiger partial charge is 0.444 e. The molecule has 2 aromatic rings. The van der Waals surface area contributed by atoms with Gasteiger partial charge >= 0.3 is 6.09 Å². The molecule has 1 saturated heterocycles. The smallest absolute Gasteiger partial charge is 0.410 e. The van der Waals surface area contributed by atoms with E-state index in [1.165, 1.54) is 5.56 Å². The van der Waals surface area contributed by atoms with Crippen molar-refractivity contribution in [1.82, 2.24) is 19.4 Å². The fourth-order valence-corrected chi connectivity index (χ4v) is 4.93. The Labute approximate surface area is 212 Å². The lowest BCUT2D eigenvalue weighted by atomic mass is 10.0. The Bertz CT molecular complexity index is 912. The second-order valence-corrected chi connectivity index (χ2v) is 17.4. The molecule has 1 aliphatic rings. The molecule has 0 atom stereocenters. The van der Waals surface area contributed by atoms with Crippen molar-refractivity contribution in [2.45, 2.75) is 90.8 Å². The summed E-state index contributed by atoms with van der Waals surface area (Å²) in [4.78, 5) is 22.1. The summed E-state index contributed by atoms with van der Waals surface area (Å²) in [6.07, 6.45) is 5.36. The van der Waals surface area contributed by atoms with Gasteiger partial charge in [-0.15, -0.1) is 0 Å². The van der Waals surface area contributed by atoms with Gasteiger partial charge in [-0.2, -0.15) is 0 Å². The van der Waals surface area contributed by atoms with Crippen LogP contribution in [-0.4, -0.2) is 64.9 Å². The number of carbonyl (C=O) groups is 1. The topological polar surface area (TPSA) is 59.8 Å². The second-order valence-electron chi connectivity index (χ2n) is 11.8. The maximum Gasteiger partial charge on any atom is 0.410 e. The summed E-state index contributed by atoms with van der Waals surface area (Å²) in [5, 5.41) is 0. The van der Waals surface area contributed by atoms with Crippen LogP contribution < -0.4 is 0 Å². The van der Waals surface area contributed by atoms with Crippen LogP contribution in [0.1, 0.15) is 44.9 Å². The Morgan fingerprint density at radius 3 is 2.46 bits per heavy atom. The Morgan fingerprint density at radius 2 is 1.83 bits per heavy atom. The molecule has 8 heteroatoms. The number of likely N-dealkylation sites (tertiary alicyclic amines) is 1. The second kappa shape index (κ2) is 12.2. The summed E-state index contributed by atoms with van der Waals surface area (Å²) >= 11 is 0. The van der Waals surface area contributed by atoms with E-state index in [1.54, 1.807) is 6.33 Å². The van der Waals surface area contributed by atoms with Gasteiger partial charge in [0.25, 0.3) is 0 Å². The van der Waals surface area contributed by atoms with E-state index < -0.39 is 13.7 Å². The highest BCUT2D eigenvalue weighted by molar-refractivity contribution is 6.76. The maximum atomic E-state index is 13.2. The van der Waals surface area contributed by atoms with Crippen molar-refractivity contribution in [3.8, 4) is 0 Å². The van der Waals surface area contributed by atoms with Crippen molar-refractivity contribution in [2.24, 2.45) is 0 Å². The molecular formula is C27H44N4O3Si. The van der Waals surface area contributed by atoms with Gasteiger partial charge in [-0.1, -0.05) is 50.0 Å². The lowest BCUT2D eigenvalue weighted by Crippen LogP contribution is -2.48. The molecule has 1 fully saturated rings. The Kier molecular flexibility index (Phi) is 9.55. The van der Waals surface area contributed by atoms with Crippen molar-refractivity contribution >= 4 is 14.2 Å². The van der Waals surface area contributed by atoms with Crippen LogP contribution in [0.15, 0.2) is 42.9 Å². The monoisotopic (exact) mass is 500 g/mol. The van der Waals surface area contributed by atoms with Crippen LogP contribution in [0.2, 0.25) is 25.7 Å². The van der Waals surface area contributed by atoms with Crippen molar-refractivity contribution in [3.05, 3.63) is 54.1 Å². The zero-order valence-corrected chi connectivity index (χ0v) is 23.5. The average Bonchev–Trinajstić information content (AvgIpc) is 3.22. The van der Waals surface area contributed by atoms with Gasteiger partial charge < -0.3 is 14.0 Å². The molecule has 0 saturated carbocycles. The number of ether oxygens (including phenoxy) is 2. The molecule has 35 heavy (non-hydrogen) atoms. The third-order valence-corrected chi connectivity index (χ3v) is 7.83. The van der Waals surface area contributed by atoms with Gasteiger partial charge in [0.1, 0.15) is 12.3 Å². The van der Waals surface area contributed by atoms with Gasteiger partial charge in [0.05, 0.1) is 18.6 Å². The Balaban J connectivity index is 1.58. The first-order valence-electron chi connectivity index (χ1n) is 12.8. The molecule has 1 aromatic carbocycles. The van der Waals surface area contributed by atoms with E-state index in [2.05, 4.69) is 59.9 Å². The molecule has 1 aromatic heterocycles. The first kappa shape index (κ1) is 27.4. The summed E-state index contributed by atoms with van der Waals surface area (Å²) in [6.45, 7) is 17.4. The molecule has 0 spiro atoms. The van der Waals surface area contributed by atoms with Crippen LogP contribution in [0.5, 0.6) is 0 Å². The summed E-state index contributed by atoms with van der Waals surface area (Å²) in [6, 6.07) is 11.8. The van der Waals surface area contributed by atoms with Crippen molar-refractivity contribution in [1.29, 1.82) is 0 Å². The molecular weight excluding hydrogens is 456 g/mol. The number of amides is 1. The quantitative estimate of drug-likeness (QED) is 0.314. The third kappa shape index (κ3) is 9.78. The molecule has 1 amide bonds. The van der Waals surface area contributed by atoms with Crippen molar-refractivity contribution in [3.63, 3.8) is 0 Å². The van der Waals surface area contributed by atoms with E-state index in [0.717, 1.165) is 50.8 Å². The highest BCUT2D eigenvalue weighted by Crippen LogP contribution is 2.23. The van der Waals surface area contributed by atoms with Crippen molar-refractivity contribution in [2.75, 3.05) is 19.7 Å². The lowest BCUT2D eigenvalue weighted by Gasteiger charge is -2.38. The minimum atomic E-state index is -1.10. The molecule has 1 aliphatic heterocycles. The van der Waals surface area contributed by atoms with E-state index >= 15 is 0 Å². The van der Waals surface area contributed by atoms with Crippen LogP contribution in [0, 0.1) is 0 Å². The first-order valence-corrected chi connectivity index (χ1v) is 16.5. The van der Waals surface area contributed by atoms with Crippen LogP contribution in [0.4, 0.5) is 4.79 Å². The first-order chi connectivity index (χ1) is 16.5. The lowest BCUT2D eigenvalue weighted by molar-refractivity contribution is 0.00507. The van der Waals surface area contributed by atoms with Gasteiger partial charge in [-0.25, -0.2) is 9.78 Å². The SMILES string of the molecule is CC(C)(C)OC(=O)N(Cc1cn(COCC[Si](C)(C)C)cn1)C1CCN(Cc2ccccc2)CC1. The van der Waals surface area contributed by atoms with E-state index in [9.17, 15) is 4.79 Å². The minimum absolute atomic E-state index is 0.134. The molecule has 0 bridgehead atoms. The average molecular weight is 501 g/mol. The number of piperidine rings is 1. The van der Waals surface area contributed by atoms with E-state index in [0.29, 0.717) is 13.3 Å². The van der Waals surface area contributed by atoms with Gasteiger partial charge in [0.15, 0.2) is 0 Å². The Morgan fingerprint density at radius 1 is 1.14 bits per heavy atom. The van der Waals surface area contributed by atoms with E-state index in [1.807, 2.05) is 36.4 Å². The van der Waals surface area contributed by atoms with Gasteiger partial charge in [0, 0.05) is 46.6 Å². The minimum Gasteiger partial charge on any atom is -0.444 e. The standard InChI is InChI=1S/C27H44N4O3Si/c1-27(2,3)34-26(32)31(20-24-19-30(21-28-24)22-33-16-17-35(4,5)6)25-12-14-29(15-13-25)18-23-10-8-7-9-11-23/h7-11,19,21,25H,12-18,20,22H2,1-6H3. The van der Waals surface area contributed by atoms with E-state index in [-0.39, 0.29) is 12.1 Å². The predicted octanol–water partition coefficient (Wildman–Crippen LogP) is 5.60. The number of carbonyl (C=O) groups excluding carboxylic acids is 1. The van der Waals surface area contributed by atoms with E-state index in [4.69, 9.17) is 9.47 Å². The fraction of sp³-hybridized carbons (Fsp3) is 0.630. The zero-order valence-electron chi connectivity index (χ0n) is 22.5. The molecule has 0 aliphatic carbocycles. The van der Waals surface area contributed by atoms with Gasteiger partial charge in [-0.05, 0) is 45.2 Å². The highest BCUT2D eigenvalue weighted by Gasteiger charge is 2.31. The summed E-state index contributed by atoms with van der Waals surface area (Å²) in [5.74, 6) is 0. The molecule has 2 heterocycles. The molecule has 7 nitrogen and oxygen atoms in total. The zero-order chi connectivity index (χ0) is 25.5. The predicted molar refractivity (Wildman–Crippen MR) is 143 cm³/mol. The third-order valence-electron chi connectivity index (χ3n) is 6.13. The van der Waals surface area contributed by atoms with Crippen LogP contribution in [0.25, 0.3) is 0 Å². The summed E-state index contributed by atoms with van der Waals surface area (Å²) in [5.41, 5.74) is 1.65. The van der Waals surface area contributed by atoms with Crippen LogP contribution >= 0.6 is 0 Å². The number of rotatable bonds is 10. The molecule has 0 radical (unpaired) electrons. The maximum absolute atomic E-state index is 13.2. The normalized spacial score (nSPS) is 15.8. The number of hydrogen-bond donors (Lipinski definition) is 0. The van der Waals surface area contributed by atoms with Gasteiger partial charge in [0.2, 0.25) is 0 Å². The number of imidazole rings is 1. The van der Waals surface area contributed by atoms with Crippen LogP contribution in [0.3, 0.4) is 0 Å². The molecule has 194 valence electrons. The summed E-state index contributed by atoms with van der Waals surface area (Å²) < 4.78 is 13.6. The number of aromatic nitrogens is 2. The van der Waals surface area contributed by atoms with Gasteiger partial charge in [-0.3, -0.25) is 9.80 Å². The number of benzene rings is 1. The van der Waals surface area contributed by atoms with Crippen LogP contribution in [-0.2, 0) is 29.3 Å². The molecule has 0 N–H and O–H groups in total. The number of hydrogen-bond acceptors (Lipinski definition) is 5. The Hall–Kier alpha value is -2.16. The summed E-state index contributed by atoms with van der Waals surface area (Å²) in [7, 11) is -1.10. The van der Waals surface area contributed by atoms with Crippen molar-refractivity contribution < 1.29 is 14.3 Å². The molecule has 3 rings (SSSR count). The highest BCUT2D eigenvalue weighted by atomic mass is 28.3.